The Bertz CT molecular complexity index is 513. The van der Waals surface area contributed by atoms with Crippen LogP contribution in [-0.2, 0) is 9.53 Å². The van der Waals surface area contributed by atoms with Crippen molar-refractivity contribution in [2.45, 2.75) is 32.7 Å². The van der Waals surface area contributed by atoms with Gasteiger partial charge in [0.25, 0.3) is 5.91 Å². The maximum Gasteiger partial charge on any atom is 0.307 e. The van der Waals surface area contributed by atoms with Crippen molar-refractivity contribution in [1.82, 2.24) is 4.90 Å². The summed E-state index contributed by atoms with van der Waals surface area (Å²) >= 11 is 0. The summed E-state index contributed by atoms with van der Waals surface area (Å²) in [5.41, 5.74) is 0.408. The zero-order valence-electron chi connectivity index (χ0n) is 13.9. The summed E-state index contributed by atoms with van der Waals surface area (Å²) in [6, 6.07) is 6.54. The van der Waals surface area contributed by atoms with Gasteiger partial charge in [0.15, 0.2) is 0 Å². The quantitative estimate of drug-likeness (QED) is 0.702. The van der Waals surface area contributed by atoms with Crippen molar-refractivity contribution in [3.05, 3.63) is 29.8 Å². The van der Waals surface area contributed by atoms with Crippen LogP contribution >= 0.6 is 0 Å². The normalized spacial score (nSPS) is 11.7. The van der Waals surface area contributed by atoms with Crippen LogP contribution in [0.3, 0.4) is 0 Å². The van der Waals surface area contributed by atoms with Crippen molar-refractivity contribution in [2.75, 3.05) is 26.9 Å². The van der Waals surface area contributed by atoms with Crippen molar-refractivity contribution in [2.24, 2.45) is 0 Å². The molecule has 1 rings (SSSR count). The van der Waals surface area contributed by atoms with E-state index < -0.39 is 0 Å². The summed E-state index contributed by atoms with van der Waals surface area (Å²) in [5.74, 6) is -0.169. The molecule has 0 heterocycles. The highest BCUT2D eigenvalue weighted by Crippen LogP contribution is 2.21. The third kappa shape index (κ3) is 5.25. The topological polar surface area (TPSA) is 76.1 Å². The number of hydrogen-bond acceptors (Lipinski definition) is 5. The molecule has 1 atom stereocenters. The summed E-state index contributed by atoms with van der Waals surface area (Å²) < 4.78 is 10.1. The highest BCUT2D eigenvalue weighted by atomic mass is 16.5. The van der Waals surface area contributed by atoms with Gasteiger partial charge >= 0.3 is 5.97 Å². The number of nitrogens with zero attached hydrogens (tertiary/aromatic N) is 1. The van der Waals surface area contributed by atoms with Crippen molar-refractivity contribution in [1.29, 1.82) is 0 Å². The van der Waals surface area contributed by atoms with Crippen LogP contribution in [0.1, 0.15) is 37.0 Å². The SMILES string of the molecule is CCOC(=O)CCN(C(=O)c1ccccc1OC)C(CC)CO. The summed E-state index contributed by atoms with van der Waals surface area (Å²) in [7, 11) is 1.50. The number of esters is 1. The molecular formula is C17H25NO5. The fraction of sp³-hybridized carbons (Fsp3) is 0.529. The Morgan fingerprint density at radius 2 is 1.96 bits per heavy atom. The maximum atomic E-state index is 12.8. The molecule has 23 heavy (non-hydrogen) atoms. The van der Waals surface area contributed by atoms with Crippen LogP contribution in [-0.4, -0.2) is 54.8 Å². The van der Waals surface area contributed by atoms with Gasteiger partial charge in [0.2, 0.25) is 0 Å². The zero-order valence-corrected chi connectivity index (χ0v) is 13.9. The summed E-state index contributed by atoms with van der Waals surface area (Å²) in [6.07, 6.45) is 0.672. The number of amides is 1. The van der Waals surface area contributed by atoms with E-state index in [-0.39, 0.29) is 37.5 Å². The molecule has 1 aromatic rings. The molecule has 0 spiro atoms. The first kappa shape index (κ1) is 19.0. The fourth-order valence-electron chi connectivity index (χ4n) is 2.32. The van der Waals surface area contributed by atoms with Gasteiger partial charge in [-0.05, 0) is 25.5 Å². The molecule has 0 aliphatic heterocycles. The number of aliphatic hydroxyl groups excluding tert-OH is 1. The zero-order chi connectivity index (χ0) is 17.2. The van der Waals surface area contributed by atoms with E-state index in [0.29, 0.717) is 24.3 Å². The molecule has 6 heteroatoms. The van der Waals surface area contributed by atoms with Crippen LogP contribution in [0.4, 0.5) is 0 Å². The molecule has 0 aromatic heterocycles. The predicted molar refractivity (Wildman–Crippen MR) is 86.4 cm³/mol. The number of methoxy groups -OCH3 is 1. The number of hydrogen-bond donors (Lipinski definition) is 1. The smallest absolute Gasteiger partial charge is 0.307 e. The predicted octanol–water partition coefficient (Wildman–Crippen LogP) is 1.86. The second kappa shape index (κ2) is 9.84. The number of ether oxygens (including phenoxy) is 2. The molecule has 0 radical (unpaired) electrons. The van der Waals surface area contributed by atoms with Gasteiger partial charge in [0, 0.05) is 6.54 Å². The lowest BCUT2D eigenvalue weighted by Crippen LogP contribution is -2.43. The fourth-order valence-corrected chi connectivity index (χ4v) is 2.32. The average molecular weight is 323 g/mol. The van der Waals surface area contributed by atoms with Crippen molar-refractivity contribution < 1.29 is 24.2 Å². The van der Waals surface area contributed by atoms with Gasteiger partial charge in [0.05, 0.1) is 38.3 Å². The van der Waals surface area contributed by atoms with Gasteiger partial charge in [-0.1, -0.05) is 19.1 Å². The Morgan fingerprint density at radius 3 is 2.52 bits per heavy atom. The molecule has 0 fully saturated rings. The molecular weight excluding hydrogens is 298 g/mol. The van der Waals surface area contributed by atoms with Gasteiger partial charge in [0.1, 0.15) is 5.75 Å². The van der Waals surface area contributed by atoms with Crippen LogP contribution in [0.25, 0.3) is 0 Å². The van der Waals surface area contributed by atoms with E-state index in [1.165, 1.54) is 12.0 Å². The number of benzene rings is 1. The minimum atomic E-state index is -0.363. The minimum absolute atomic E-state index is 0.0885. The standard InChI is InChI=1S/C17H25NO5/c1-4-13(12-19)18(11-10-16(20)23-5-2)17(21)14-8-6-7-9-15(14)22-3/h6-9,13,19H,4-5,10-12H2,1-3H3. The van der Waals surface area contributed by atoms with E-state index >= 15 is 0 Å². The Morgan fingerprint density at radius 1 is 1.26 bits per heavy atom. The molecule has 0 bridgehead atoms. The summed E-state index contributed by atoms with van der Waals surface area (Å²) in [5, 5.41) is 9.55. The lowest BCUT2D eigenvalue weighted by Gasteiger charge is -2.30. The van der Waals surface area contributed by atoms with Gasteiger partial charge < -0.3 is 19.5 Å². The monoisotopic (exact) mass is 323 g/mol. The van der Waals surface area contributed by atoms with Crippen LogP contribution in [0.15, 0.2) is 24.3 Å². The average Bonchev–Trinajstić information content (AvgIpc) is 2.58. The number of carbonyl (C=O) groups is 2. The molecule has 1 amide bonds. The molecule has 1 aromatic carbocycles. The van der Waals surface area contributed by atoms with Crippen molar-refractivity contribution in [3.8, 4) is 5.75 Å². The third-order valence-electron chi connectivity index (χ3n) is 3.58. The molecule has 1 unspecified atom stereocenters. The van der Waals surface area contributed by atoms with Crippen LogP contribution < -0.4 is 4.74 Å². The van der Waals surface area contributed by atoms with Gasteiger partial charge in [-0.25, -0.2) is 0 Å². The first-order valence-electron chi connectivity index (χ1n) is 7.79. The Kier molecular flexibility index (Phi) is 8.11. The van der Waals surface area contributed by atoms with Crippen LogP contribution in [0, 0.1) is 0 Å². The van der Waals surface area contributed by atoms with Crippen LogP contribution in [0.2, 0.25) is 0 Å². The first-order valence-corrected chi connectivity index (χ1v) is 7.79. The van der Waals surface area contributed by atoms with E-state index in [9.17, 15) is 14.7 Å². The second-order valence-electron chi connectivity index (χ2n) is 5.00. The van der Waals surface area contributed by atoms with Gasteiger partial charge in [-0.3, -0.25) is 9.59 Å². The van der Waals surface area contributed by atoms with Gasteiger partial charge in [-0.2, -0.15) is 0 Å². The minimum Gasteiger partial charge on any atom is -0.496 e. The number of carbonyl (C=O) groups excluding carboxylic acids is 2. The molecule has 0 aliphatic rings. The Labute approximate surface area is 137 Å². The number of para-hydroxylation sites is 1. The van der Waals surface area contributed by atoms with E-state index in [0.717, 1.165) is 0 Å². The van der Waals surface area contributed by atoms with Crippen molar-refractivity contribution >= 4 is 11.9 Å². The van der Waals surface area contributed by atoms with E-state index in [1.54, 1.807) is 31.2 Å². The van der Waals surface area contributed by atoms with Crippen LogP contribution in [0.5, 0.6) is 5.75 Å². The Balaban J connectivity index is 2.98. The number of rotatable bonds is 9. The molecule has 0 saturated heterocycles. The van der Waals surface area contributed by atoms with E-state index in [2.05, 4.69) is 0 Å². The molecule has 128 valence electrons. The van der Waals surface area contributed by atoms with E-state index in [4.69, 9.17) is 9.47 Å². The largest absolute Gasteiger partial charge is 0.496 e. The second-order valence-corrected chi connectivity index (χ2v) is 5.00. The Hall–Kier alpha value is -2.08. The molecule has 1 N–H and O–H groups in total. The van der Waals surface area contributed by atoms with Crippen molar-refractivity contribution in [3.63, 3.8) is 0 Å². The first-order chi connectivity index (χ1) is 11.1. The third-order valence-corrected chi connectivity index (χ3v) is 3.58. The summed E-state index contributed by atoms with van der Waals surface area (Å²) in [6.45, 7) is 3.94. The molecule has 0 aliphatic carbocycles. The van der Waals surface area contributed by atoms with E-state index in [1.807, 2.05) is 6.92 Å². The lowest BCUT2D eigenvalue weighted by molar-refractivity contribution is -0.143. The highest BCUT2D eigenvalue weighted by Gasteiger charge is 2.25. The maximum absolute atomic E-state index is 12.8. The summed E-state index contributed by atoms with van der Waals surface area (Å²) in [4.78, 5) is 25.9. The number of aliphatic hydroxyl groups is 1. The molecule has 0 saturated carbocycles. The highest BCUT2D eigenvalue weighted by molar-refractivity contribution is 5.97. The lowest BCUT2D eigenvalue weighted by atomic mass is 10.1. The van der Waals surface area contributed by atoms with Gasteiger partial charge in [-0.15, -0.1) is 0 Å². The molecule has 6 nitrogen and oxygen atoms in total.